The first-order valence-electron chi connectivity index (χ1n) is 9.53. The zero-order valence-electron chi connectivity index (χ0n) is 17.2. The molecule has 10 heteroatoms. The largest absolute Gasteiger partial charge is 0.394 e. The molecule has 160 valence electrons. The van der Waals surface area contributed by atoms with Crippen LogP contribution in [0.1, 0.15) is 28.7 Å². The number of nitrogens with two attached hydrogens (primary N) is 2. The van der Waals surface area contributed by atoms with E-state index >= 15 is 0 Å². The number of amides is 1. The number of aromatic nitrogens is 3. The highest BCUT2D eigenvalue weighted by atomic mass is 16.3. The fourth-order valence-corrected chi connectivity index (χ4v) is 2.85. The highest BCUT2D eigenvalue weighted by Gasteiger charge is 2.18. The molecule has 1 atom stereocenters. The van der Waals surface area contributed by atoms with Gasteiger partial charge < -0.3 is 16.3 Å². The summed E-state index contributed by atoms with van der Waals surface area (Å²) in [7, 11) is 0. The first-order valence-corrected chi connectivity index (χ1v) is 9.53. The molecular weight excluding hydrogens is 396 g/mol. The maximum Gasteiger partial charge on any atom is 0.275 e. The Morgan fingerprint density at radius 3 is 2.74 bits per heavy atom. The molecule has 1 amide bonds. The normalized spacial score (nSPS) is 12.3. The van der Waals surface area contributed by atoms with Gasteiger partial charge in [0.15, 0.2) is 5.84 Å². The van der Waals surface area contributed by atoms with E-state index in [-0.39, 0.29) is 24.0 Å². The lowest BCUT2D eigenvalue weighted by Crippen LogP contribution is -2.47. The third kappa shape index (κ3) is 5.00. The number of nitrogens with zero attached hydrogens (tertiary/aromatic N) is 5. The van der Waals surface area contributed by atoms with Gasteiger partial charge in [-0.3, -0.25) is 19.8 Å². The molecule has 0 saturated carbocycles. The summed E-state index contributed by atoms with van der Waals surface area (Å²) in [4.78, 5) is 25.5. The summed E-state index contributed by atoms with van der Waals surface area (Å²) < 4.78 is 0. The molecule has 3 heterocycles. The van der Waals surface area contributed by atoms with Crippen LogP contribution in [0.25, 0.3) is 11.1 Å². The van der Waals surface area contributed by atoms with Gasteiger partial charge in [-0.05, 0) is 49.2 Å². The van der Waals surface area contributed by atoms with E-state index < -0.39 is 11.9 Å². The third-order valence-electron chi connectivity index (χ3n) is 4.63. The van der Waals surface area contributed by atoms with E-state index in [0.717, 1.165) is 16.7 Å². The Morgan fingerprint density at radius 2 is 2.06 bits per heavy atom. The number of aliphatic hydroxyl groups excluding tert-OH is 1. The number of nitrogens with one attached hydrogen (secondary N) is 1. The van der Waals surface area contributed by atoms with Gasteiger partial charge >= 0.3 is 0 Å². The summed E-state index contributed by atoms with van der Waals surface area (Å²) in [5, 5.41) is 16.9. The number of pyridine rings is 3. The molecule has 0 aliphatic carbocycles. The van der Waals surface area contributed by atoms with Gasteiger partial charge in [0.25, 0.3) is 5.91 Å². The minimum Gasteiger partial charge on any atom is -0.394 e. The number of carbonyl (C=O) groups is 1. The molecule has 0 spiro atoms. The van der Waals surface area contributed by atoms with Crippen molar-refractivity contribution in [3.8, 4) is 11.1 Å². The van der Waals surface area contributed by atoms with Crippen LogP contribution in [-0.2, 0) is 0 Å². The number of carbonyl (C=O) groups excluding carboxylic acids is 1. The standard InChI is InChI=1S/C21H24N8O2/c1-13-10-25-18(9-16(13)15-5-4-8-24-11-15)21(31)27-19-7-3-6-17(26-19)20(28-22)29(23)14(2)12-30/h3-11,14,30H,12,22-23H2,1-2H3,(H,26,27,31)/b28-20-. The van der Waals surface area contributed by atoms with Crippen LogP contribution in [0.3, 0.4) is 0 Å². The minimum atomic E-state index is -0.426. The number of hydrogen-bond acceptors (Lipinski definition) is 8. The Morgan fingerprint density at radius 1 is 1.26 bits per heavy atom. The van der Waals surface area contributed by atoms with E-state index in [2.05, 4.69) is 25.4 Å². The highest BCUT2D eigenvalue weighted by Crippen LogP contribution is 2.23. The van der Waals surface area contributed by atoms with Crippen molar-refractivity contribution in [2.45, 2.75) is 19.9 Å². The third-order valence-corrected chi connectivity index (χ3v) is 4.63. The van der Waals surface area contributed by atoms with Crippen molar-refractivity contribution in [3.05, 3.63) is 71.9 Å². The molecule has 0 radical (unpaired) electrons. The Hall–Kier alpha value is -3.89. The van der Waals surface area contributed by atoms with E-state index in [1.165, 1.54) is 5.01 Å². The number of hydrazine groups is 1. The quantitative estimate of drug-likeness (QED) is 0.201. The number of anilines is 1. The van der Waals surface area contributed by atoms with Crippen molar-refractivity contribution in [2.75, 3.05) is 11.9 Å². The van der Waals surface area contributed by atoms with Crippen molar-refractivity contribution in [2.24, 2.45) is 16.8 Å². The number of amidine groups is 1. The molecule has 31 heavy (non-hydrogen) atoms. The van der Waals surface area contributed by atoms with Gasteiger partial charge in [0.2, 0.25) is 0 Å². The molecule has 1 unspecified atom stereocenters. The second-order valence-corrected chi connectivity index (χ2v) is 6.88. The smallest absolute Gasteiger partial charge is 0.275 e. The highest BCUT2D eigenvalue weighted by molar-refractivity contribution is 6.03. The fraction of sp³-hybridized carbons (Fsp3) is 0.190. The maximum absolute atomic E-state index is 12.8. The molecule has 10 nitrogen and oxygen atoms in total. The minimum absolute atomic E-state index is 0.171. The lowest BCUT2D eigenvalue weighted by Gasteiger charge is -2.25. The van der Waals surface area contributed by atoms with Crippen LogP contribution in [0.5, 0.6) is 0 Å². The molecule has 0 bridgehead atoms. The summed E-state index contributed by atoms with van der Waals surface area (Å²) in [5.74, 6) is 11.5. The number of hydrazone groups is 1. The van der Waals surface area contributed by atoms with Crippen LogP contribution in [0.15, 0.2) is 60.1 Å². The lowest BCUT2D eigenvalue weighted by molar-refractivity contribution is 0.102. The molecule has 3 aromatic heterocycles. The van der Waals surface area contributed by atoms with Gasteiger partial charge in [-0.2, -0.15) is 5.10 Å². The van der Waals surface area contributed by atoms with E-state index in [1.54, 1.807) is 49.8 Å². The maximum atomic E-state index is 12.8. The monoisotopic (exact) mass is 420 g/mol. The van der Waals surface area contributed by atoms with E-state index in [4.69, 9.17) is 11.7 Å². The summed E-state index contributed by atoms with van der Waals surface area (Å²) in [6.45, 7) is 3.44. The predicted octanol–water partition coefficient (Wildman–Crippen LogP) is 1.28. The summed E-state index contributed by atoms with van der Waals surface area (Å²) >= 11 is 0. The molecule has 0 aliphatic heterocycles. The van der Waals surface area contributed by atoms with E-state index in [9.17, 15) is 9.90 Å². The topological polar surface area (TPSA) is 156 Å². The molecular formula is C21H24N8O2. The van der Waals surface area contributed by atoms with Crippen molar-refractivity contribution in [1.82, 2.24) is 20.0 Å². The number of hydrogen-bond donors (Lipinski definition) is 4. The van der Waals surface area contributed by atoms with Gasteiger partial charge in [-0.1, -0.05) is 12.1 Å². The van der Waals surface area contributed by atoms with Gasteiger partial charge in [0.05, 0.1) is 12.6 Å². The van der Waals surface area contributed by atoms with Crippen molar-refractivity contribution < 1.29 is 9.90 Å². The summed E-state index contributed by atoms with van der Waals surface area (Å²) in [6.07, 6.45) is 5.06. The van der Waals surface area contributed by atoms with Crippen molar-refractivity contribution in [1.29, 1.82) is 0 Å². The van der Waals surface area contributed by atoms with Crippen molar-refractivity contribution in [3.63, 3.8) is 0 Å². The molecule has 3 rings (SSSR count). The van der Waals surface area contributed by atoms with Gasteiger partial charge in [0, 0.05) is 24.2 Å². The van der Waals surface area contributed by atoms with Crippen LogP contribution in [0.2, 0.25) is 0 Å². The van der Waals surface area contributed by atoms with Crippen LogP contribution < -0.4 is 17.0 Å². The Bertz CT molecular complexity index is 1090. The molecule has 0 aliphatic rings. The zero-order chi connectivity index (χ0) is 22.4. The first kappa shape index (κ1) is 21.8. The van der Waals surface area contributed by atoms with Crippen LogP contribution in [0, 0.1) is 6.92 Å². The Kier molecular flexibility index (Phi) is 6.85. The van der Waals surface area contributed by atoms with Gasteiger partial charge in [-0.15, -0.1) is 0 Å². The molecule has 0 saturated heterocycles. The number of rotatable bonds is 6. The summed E-state index contributed by atoms with van der Waals surface area (Å²) in [5.41, 5.74) is 3.26. The fourth-order valence-electron chi connectivity index (χ4n) is 2.85. The van der Waals surface area contributed by atoms with E-state index in [1.807, 2.05) is 19.1 Å². The second kappa shape index (κ2) is 9.74. The summed E-state index contributed by atoms with van der Waals surface area (Å²) in [6, 6.07) is 10.00. The predicted molar refractivity (Wildman–Crippen MR) is 118 cm³/mol. The SMILES string of the molecule is Cc1cnc(C(=O)Nc2cccc(/C(=N/N)N(N)C(C)CO)n2)cc1-c1cccnc1. The Labute approximate surface area is 179 Å². The number of aryl methyl sites for hydroxylation is 1. The molecule has 0 fully saturated rings. The molecule has 6 N–H and O–H groups in total. The number of aliphatic hydroxyl groups is 1. The van der Waals surface area contributed by atoms with Gasteiger partial charge in [0.1, 0.15) is 17.2 Å². The van der Waals surface area contributed by atoms with E-state index in [0.29, 0.717) is 5.69 Å². The van der Waals surface area contributed by atoms with Gasteiger partial charge in [-0.25, -0.2) is 10.8 Å². The van der Waals surface area contributed by atoms with Crippen LogP contribution in [0.4, 0.5) is 5.82 Å². The second-order valence-electron chi connectivity index (χ2n) is 6.88. The Balaban J connectivity index is 1.84. The van der Waals surface area contributed by atoms with Crippen LogP contribution >= 0.6 is 0 Å². The molecule has 0 aromatic carbocycles. The average Bonchev–Trinajstić information content (AvgIpc) is 2.80. The zero-order valence-corrected chi connectivity index (χ0v) is 17.2. The average molecular weight is 420 g/mol. The molecule has 3 aromatic rings. The van der Waals surface area contributed by atoms with Crippen molar-refractivity contribution >= 4 is 17.6 Å². The lowest BCUT2D eigenvalue weighted by atomic mass is 10.0. The van der Waals surface area contributed by atoms with Crippen LogP contribution in [-0.4, -0.2) is 49.5 Å². The first-order chi connectivity index (χ1) is 14.9.